The fourth-order valence-electron chi connectivity index (χ4n) is 1.96. The maximum absolute atomic E-state index is 11.0. The van der Waals surface area contributed by atoms with Crippen molar-refractivity contribution in [2.24, 2.45) is 5.92 Å². The van der Waals surface area contributed by atoms with Crippen molar-refractivity contribution in [3.05, 3.63) is 10.0 Å². The van der Waals surface area contributed by atoms with Gasteiger partial charge in [0, 0.05) is 26.3 Å². The molecule has 0 aliphatic rings. The van der Waals surface area contributed by atoms with Crippen molar-refractivity contribution in [3.63, 3.8) is 0 Å². The second kappa shape index (κ2) is 7.53. The predicted molar refractivity (Wildman–Crippen MR) is 89.2 cm³/mol. The standard InChI is InChI=1S/C13H16IN5O4/c1-7(20)22-4-9(5-23-8(2)21)3-19-6-16-10-11(14)17-13(15)18-12(10)19/h6,9H,3-5H2,1-2H3,(H2,15,17,18). The van der Waals surface area contributed by atoms with Gasteiger partial charge in [-0.3, -0.25) is 9.59 Å². The number of hydrogen-bond donors (Lipinski definition) is 1. The van der Waals surface area contributed by atoms with Gasteiger partial charge in [-0.25, -0.2) is 9.97 Å². The van der Waals surface area contributed by atoms with Gasteiger partial charge >= 0.3 is 11.9 Å². The molecule has 0 fully saturated rings. The second-order valence-electron chi connectivity index (χ2n) is 4.91. The lowest BCUT2D eigenvalue weighted by molar-refractivity contribution is -0.146. The number of nitrogen functional groups attached to an aromatic ring is 1. The molecule has 2 rings (SSSR count). The summed E-state index contributed by atoms with van der Waals surface area (Å²) in [6.45, 7) is 3.31. The molecule has 2 aromatic rings. The van der Waals surface area contributed by atoms with E-state index >= 15 is 0 Å². The van der Waals surface area contributed by atoms with Gasteiger partial charge in [0.25, 0.3) is 0 Å². The van der Waals surface area contributed by atoms with Crippen molar-refractivity contribution in [2.75, 3.05) is 18.9 Å². The summed E-state index contributed by atoms with van der Waals surface area (Å²) in [5.74, 6) is -0.863. The van der Waals surface area contributed by atoms with E-state index in [-0.39, 0.29) is 25.1 Å². The molecular weight excluding hydrogens is 417 g/mol. The van der Waals surface area contributed by atoms with Crippen LogP contribution < -0.4 is 5.73 Å². The first-order valence-electron chi connectivity index (χ1n) is 6.77. The highest BCUT2D eigenvalue weighted by atomic mass is 127. The number of esters is 2. The van der Waals surface area contributed by atoms with Gasteiger partial charge < -0.3 is 19.8 Å². The van der Waals surface area contributed by atoms with Crippen LogP contribution in [0.15, 0.2) is 6.33 Å². The Labute approximate surface area is 145 Å². The van der Waals surface area contributed by atoms with Crippen LogP contribution in [0.1, 0.15) is 13.8 Å². The molecule has 0 aliphatic carbocycles. The summed E-state index contributed by atoms with van der Waals surface area (Å²) < 4.78 is 12.5. The number of imidazole rings is 1. The third kappa shape index (κ3) is 4.74. The summed E-state index contributed by atoms with van der Waals surface area (Å²) in [6.07, 6.45) is 1.61. The van der Waals surface area contributed by atoms with Crippen molar-refractivity contribution in [1.29, 1.82) is 0 Å². The van der Waals surface area contributed by atoms with Gasteiger partial charge in [-0.2, -0.15) is 4.98 Å². The number of anilines is 1. The average molecular weight is 433 g/mol. The lowest BCUT2D eigenvalue weighted by Crippen LogP contribution is -2.24. The van der Waals surface area contributed by atoms with E-state index in [4.69, 9.17) is 15.2 Å². The quantitative estimate of drug-likeness (QED) is 0.403. The van der Waals surface area contributed by atoms with Gasteiger partial charge in [0.05, 0.1) is 19.5 Å². The molecule has 9 nitrogen and oxygen atoms in total. The fourth-order valence-corrected chi connectivity index (χ4v) is 2.59. The molecule has 0 saturated heterocycles. The highest BCUT2D eigenvalue weighted by molar-refractivity contribution is 14.1. The third-order valence-corrected chi connectivity index (χ3v) is 3.69. The predicted octanol–water partition coefficient (Wildman–Crippen LogP) is 0.755. The number of carbonyl (C=O) groups is 2. The minimum Gasteiger partial charge on any atom is -0.465 e. The van der Waals surface area contributed by atoms with E-state index in [1.165, 1.54) is 13.8 Å². The van der Waals surface area contributed by atoms with Gasteiger partial charge in [-0.1, -0.05) is 0 Å². The Balaban J connectivity index is 2.20. The molecular formula is C13H16IN5O4. The summed E-state index contributed by atoms with van der Waals surface area (Å²) in [6, 6.07) is 0. The maximum atomic E-state index is 11.0. The zero-order valence-corrected chi connectivity index (χ0v) is 14.8. The minimum absolute atomic E-state index is 0.125. The molecule has 0 unspecified atom stereocenters. The van der Waals surface area contributed by atoms with E-state index in [0.717, 1.165) is 0 Å². The van der Waals surface area contributed by atoms with Crippen LogP contribution in [0.25, 0.3) is 11.2 Å². The van der Waals surface area contributed by atoms with Crippen LogP contribution in [-0.2, 0) is 25.6 Å². The van der Waals surface area contributed by atoms with Crippen LogP contribution in [0.5, 0.6) is 0 Å². The SMILES string of the molecule is CC(=O)OCC(COC(C)=O)Cn1cnc2c(I)nc(N)nc21. The summed E-state index contributed by atoms with van der Waals surface area (Å²) >= 11 is 2.04. The summed E-state index contributed by atoms with van der Waals surface area (Å²) in [5.41, 5.74) is 6.89. The molecule has 0 atom stereocenters. The maximum Gasteiger partial charge on any atom is 0.302 e. The Morgan fingerprint density at radius 1 is 1.26 bits per heavy atom. The Hall–Kier alpha value is -1.98. The number of carbonyl (C=O) groups excluding carboxylic acids is 2. The molecule has 0 spiro atoms. The average Bonchev–Trinajstić information content (AvgIpc) is 2.84. The van der Waals surface area contributed by atoms with Gasteiger partial charge in [-0.05, 0) is 22.6 Å². The number of ether oxygens (including phenoxy) is 2. The topological polar surface area (TPSA) is 122 Å². The van der Waals surface area contributed by atoms with Crippen molar-refractivity contribution >= 4 is 51.6 Å². The zero-order chi connectivity index (χ0) is 17.0. The number of rotatable bonds is 6. The minimum atomic E-state index is -0.394. The number of hydrogen-bond acceptors (Lipinski definition) is 8. The zero-order valence-electron chi connectivity index (χ0n) is 12.7. The van der Waals surface area contributed by atoms with E-state index < -0.39 is 11.9 Å². The molecule has 0 aliphatic heterocycles. The molecule has 0 saturated carbocycles. The number of aromatic nitrogens is 4. The molecule has 0 radical (unpaired) electrons. The van der Waals surface area contributed by atoms with Crippen molar-refractivity contribution in [3.8, 4) is 0 Å². The lowest BCUT2D eigenvalue weighted by atomic mass is 10.2. The van der Waals surface area contributed by atoms with Gasteiger partial charge in [0.2, 0.25) is 5.95 Å². The second-order valence-corrected chi connectivity index (χ2v) is 5.93. The number of fused-ring (bicyclic) bond motifs is 1. The molecule has 23 heavy (non-hydrogen) atoms. The molecule has 0 amide bonds. The van der Waals surface area contributed by atoms with E-state index in [1.807, 2.05) is 22.6 Å². The molecule has 2 aromatic heterocycles. The van der Waals surface area contributed by atoms with Crippen LogP contribution in [0, 0.1) is 9.62 Å². The number of halogens is 1. The van der Waals surface area contributed by atoms with Crippen LogP contribution >= 0.6 is 22.6 Å². The van der Waals surface area contributed by atoms with Gasteiger partial charge in [0.1, 0.15) is 9.22 Å². The number of nitrogens with zero attached hydrogens (tertiary/aromatic N) is 4. The molecule has 0 bridgehead atoms. The fraction of sp³-hybridized carbons (Fsp3) is 0.462. The van der Waals surface area contributed by atoms with E-state index in [0.29, 0.717) is 21.4 Å². The Morgan fingerprint density at radius 3 is 2.43 bits per heavy atom. The van der Waals surface area contributed by atoms with Crippen LogP contribution in [0.2, 0.25) is 0 Å². The monoisotopic (exact) mass is 433 g/mol. The highest BCUT2D eigenvalue weighted by Gasteiger charge is 2.17. The van der Waals surface area contributed by atoms with E-state index in [1.54, 1.807) is 10.9 Å². The largest absolute Gasteiger partial charge is 0.465 e. The van der Waals surface area contributed by atoms with E-state index in [9.17, 15) is 9.59 Å². The molecule has 2 N–H and O–H groups in total. The number of nitrogens with two attached hydrogens (primary N) is 1. The first kappa shape index (κ1) is 17.4. The molecule has 2 heterocycles. The van der Waals surface area contributed by atoms with Crippen LogP contribution in [0.3, 0.4) is 0 Å². The summed E-state index contributed by atoms with van der Waals surface area (Å²) in [5, 5.41) is 0. The van der Waals surface area contributed by atoms with Crippen molar-refractivity contribution < 1.29 is 19.1 Å². The van der Waals surface area contributed by atoms with Gasteiger partial charge in [0.15, 0.2) is 5.65 Å². The lowest BCUT2D eigenvalue weighted by Gasteiger charge is -2.17. The smallest absolute Gasteiger partial charge is 0.302 e. The molecule has 124 valence electrons. The van der Waals surface area contributed by atoms with Gasteiger partial charge in [-0.15, -0.1) is 0 Å². The Morgan fingerprint density at radius 2 is 1.87 bits per heavy atom. The first-order chi connectivity index (χ1) is 10.9. The summed E-state index contributed by atoms with van der Waals surface area (Å²) in [7, 11) is 0. The van der Waals surface area contributed by atoms with Crippen LogP contribution in [-0.4, -0.2) is 44.7 Å². The van der Waals surface area contributed by atoms with Crippen molar-refractivity contribution in [1.82, 2.24) is 19.5 Å². The molecule has 0 aromatic carbocycles. The normalized spacial score (nSPS) is 11.0. The van der Waals surface area contributed by atoms with E-state index in [2.05, 4.69) is 15.0 Å². The highest BCUT2D eigenvalue weighted by Crippen LogP contribution is 2.18. The molecule has 10 heteroatoms. The van der Waals surface area contributed by atoms with Crippen molar-refractivity contribution in [2.45, 2.75) is 20.4 Å². The first-order valence-corrected chi connectivity index (χ1v) is 7.85. The van der Waals surface area contributed by atoms with Crippen LogP contribution in [0.4, 0.5) is 5.95 Å². The summed E-state index contributed by atoms with van der Waals surface area (Å²) in [4.78, 5) is 34.5. The Bertz CT molecular complexity index is 714. The Kier molecular flexibility index (Phi) is 5.69. The third-order valence-electron chi connectivity index (χ3n) is 2.94.